The fourth-order valence-electron chi connectivity index (χ4n) is 2.26. The van der Waals surface area contributed by atoms with Gasteiger partial charge in [0, 0.05) is 6.04 Å². The van der Waals surface area contributed by atoms with Crippen LogP contribution >= 0.6 is 0 Å². The normalized spacial score (nSPS) is 14.1. The predicted octanol–water partition coefficient (Wildman–Crippen LogP) is 3.53. The molecule has 0 heterocycles. The molecule has 0 aliphatic heterocycles. The summed E-state index contributed by atoms with van der Waals surface area (Å²) in [5.41, 5.74) is 7.35. The lowest BCUT2D eigenvalue weighted by molar-refractivity contribution is 0.353. The maximum Gasteiger partial charge on any atom is 0.161 e. The molecule has 102 valence electrons. The van der Waals surface area contributed by atoms with E-state index in [2.05, 4.69) is 13.8 Å². The topological polar surface area (TPSA) is 44.5 Å². The lowest BCUT2D eigenvalue weighted by Crippen LogP contribution is -2.14. The van der Waals surface area contributed by atoms with Gasteiger partial charge in [-0.15, -0.1) is 0 Å². The Balaban J connectivity index is 2.76. The molecule has 3 heteroatoms. The number of nitrogens with two attached hydrogens (primary N) is 1. The molecule has 1 aromatic carbocycles. The highest BCUT2D eigenvalue weighted by Gasteiger charge is 2.13. The Bertz CT molecular complexity index is 366. The smallest absolute Gasteiger partial charge is 0.161 e. The number of methoxy groups -OCH3 is 2. The zero-order chi connectivity index (χ0) is 13.5. The lowest BCUT2D eigenvalue weighted by Gasteiger charge is -2.18. The molecule has 2 unspecified atom stereocenters. The average molecular weight is 251 g/mol. The Morgan fingerprint density at radius 3 is 2.39 bits per heavy atom. The minimum Gasteiger partial charge on any atom is -0.493 e. The Labute approximate surface area is 110 Å². The molecule has 0 aromatic heterocycles. The van der Waals surface area contributed by atoms with Gasteiger partial charge in [-0.05, 0) is 30.0 Å². The van der Waals surface area contributed by atoms with Gasteiger partial charge in [-0.1, -0.05) is 32.8 Å². The van der Waals surface area contributed by atoms with E-state index < -0.39 is 0 Å². The molecule has 1 aromatic rings. The van der Waals surface area contributed by atoms with Crippen LogP contribution in [-0.4, -0.2) is 14.2 Å². The largest absolute Gasteiger partial charge is 0.493 e. The molecule has 0 bridgehead atoms. The molecule has 1 rings (SSSR count). The van der Waals surface area contributed by atoms with Gasteiger partial charge in [0.1, 0.15) is 0 Å². The van der Waals surface area contributed by atoms with E-state index >= 15 is 0 Å². The van der Waals surface area contributed by atoms with Crippen LogP contribution in [0.5, 0.6) is 11.5 Å². The van der Waals surface area contributed by atoms with Crippen LogP contribution in [0.4, 0.5) is 0 Å². The highest BCUT2D eigenvalue weighted by Crippen LogP contribution is 2.31. The third-order valence-electron chi connectivity index (χ3n) is 3.27. The summed E-state index contributed by atoms with van der Waals surface area (Å²) >= 11 is 0. The molecular weight excluding hydrogens is 226 g/mol. The van der Waals surface area contributed by atoms with E-state index in [1.54, 1.807) is 14.2 Å². The first-order valence-corrected chi connectivity index (χ1v) is 6.59. The van der Waals surface area contributed by atoms with Crippen molar-refractivity contribution in [1.82, 2.24) is 0 Å². The highest BCUT2D eigenvalue weighted by atomic mass is 16.5. The van der Waals surface area contributed by atoms with Crippen molar-refractivity contribution in [3.05, 3.63) is 23.8 Å². The van der Waals surface area contributed by atoms with Crippen LogP contribution in [0.3, 0.4) is 0 Å². The van der Waals surface area contributed by atoms with Crippen LogP contribution in [0, 0.1) is 5.92 Å². The van der Waals surface area contributed by atoms with Gasteiger partial charge in [0.05, 0.1) is 14.2 Å². The average Bonchev–Trinajstić information content (AvgIpc) is 2.38. The first kappa shape index (κ1) is 14.8. The number of hydrogen-bond acceptors (Lipinski definition) is 3. The van der Waals surface area contributed by atoms with Crippen molar-refractivity contribution in [2.24, 2.45) is 11.7 Å². The summed E-state index contributed by atoms with van der Waals surface area (Å²) in [6, 6.07) is 5.97. The maximum atomic E-state index is 6.24. The van der Waals surface area contributed by atoms with Crippen molar-refractivity contribution in [3.63, 3.8) is 0 Å². The summed E-state index contributed by atoms with van der Waals surface area (Å²) in [6.07, 6.45) is 3.43. The van der Waals surface area contributed by atoms with Crippen LogP contribution in [0.25, 0.3) is 0 Å². The Hall–Kier alpha value is -1.22. The second kappa shape index (κ2) is 7.27. The predicted molar refractivity (Wildman–Crippen MR) is 75.2 cm³/mol. The minimum atomic E-state index is 0.0614. The molecule has 0 saturated heterocycles. The molecule has 0 amide bonds. The van der Waals surface area contributed by atoms with Gasteiger partial charge in [-0.2, -0.15) is 0 Å². The Kier molecular flexibility index (Phi) is 5.99. The standard InChI is InChI=1S/C15H25NO2/c1-5-6-11(2)9-13(16)12-7-8-14(17-3)15(10-12)18-4/h7-8,10-11,13H,5-6,9,16H2,1-4H3. The first-order valence-electron chi connectivity index (χ1n) is 6.59. The van der Waals surface area contributed by atoms with Gasteiger partial charge in [0.25, 0.3) is 0 Å². The van der Waals surface area contributed by atoms with E-state index in [1.807, 2.05) is 18.2 Å². The Morgan fingerprint density at radius 1 is 1.17 bits per heavy atom. The fourth-order valence-corrected chi connectivity index (χ4v) is 2.26. The summed E-state index contributed by atoms with van der Waals surface area (Å²) in [6.45, 7) is 4.46. The van der Waals surface area contributed by atoms with Crippen molar-refractivity contribution >= 4 is 0 Å². The van der Waals surface area contributed by atoms with E-state index in [1.165, 1.54) is 12.8 Å². The monoisotopic (exact) mass is 251 g/mol. The molecule has 18 heavy (non-hydrogen) atoms. The van der Waals surface area contributed by atoms with Gasteiger partial charge >= 0.3 is 0 Å². The quantitative estimate of drug-likeness (QED) is 0.806. The molecular formula is C15H25NO2. The number of ether oxygens (including phenoxy) is 2. The van der Waals surface area contributed by atoms with E-state index in [4.69, 9.17) is 15.2 Å². The zero-order valence-electron chi connectivity index (χ0n) is 11.9. The molecule has 0 aliphatic rings. The fraction of sp³-hybridized carbons (Fsp3) is 0.600. The number of benzene rings is 1. The summed E-state index contributed by atoms with van der Waals surface area (Å²) in [5, 5.41) is 0. The third kappa shape index (κ3) is 3.91. The maximum absolute atomic E-state index is 6.24. The summed E-state index contributed by atoms with van der Waals surface area (Å²) < 4.78 is 10.5. The SMILES string of the molecule is CCCC(C)CC(N)c1ccc(OC)c(OC)c1. The van der Waals surface area contributed by atoms with Crippen LogP contribution < -0.4 is 15.2 Å². The zero-order valence-corrected chi connectivity index (χ0v) is 11.9. The van der Waals surface area contributed by atoms with E-state index in [0.717, 1.165) is 23.5 Å². The molecule has 2 N–H and O–H groups in total. The molecule has 3 nitrogen and oxygen atoms in total. The van der Waals surface area contributed by atoms with Crippen LogP contribution in [0.15, 0.2) is 18.2 Å². The first-order chi connectivity index (χ1) is 8.62. The summed E-state index contributed by atoms with van der Waals surface area (Å²) in [5.74, 6) is 2.14. The van der Waals surface area contributed by atoms with Crippen molar-refractivity contribution in [3.8, 4) is 11.5 Å². The minimum absolute atomic E-state index is 0.0614. The van der Waals surface area contributed by atoms with E-state index in [9.17, 15) is 0 Å². The number of rotatable bonds is 7. The molecule has 2 atom stereocenters. The second-order valence-corrected chi connectivity index (χ2v) is 4.85. The van der Waals surface area contributed by atoms with Crippen molar-refractivity contribution in [2.75, 3.05) is 14.2 Å². The highest BCUT2D eigenvalue weighted by molar-refractivity contribution is 5.43. The molecule has 0 radical (unpaired) electrons. The Morgan fingerprint density at radius 2 is 1.83 bits per heavy atom. The van der Waals surface area contributed by atoms with Crippen molar-refractivity contribution in [1.29, 1.82) is 0 Å². The van der Waals surface area contributed by atoms with E-state index in [0.29, 0.717) is 5.92 Å². The van der Waals surface area contributed by atoms with Crippen LogP contribution in [0.2, 0.25) is 0 Å². The van der Waals surface area contributed by atoms with Gasteiger partial charge < -0.3 is 15.2 Å². The van der Waals surface area contributed by atoms with Gasteiger partial charge in [-0.25, -0.2) is 0 Å². The number of hydrogen-bond donors (Lipinski definition) is 1. The van der Waals surface area contributed by atoms with Gasteiger partial charge in [0.15, 0.2) is 11.5 Å². The summed E-state index contributed by atoms with van der Waals surface area (Å²) in [7, 11) is 3.29. The molecule has 0 fully saturated rings. The van der Waals surface area contributed by atoms with Gasteiger partial charge in [0.2, 0.25) is 0 Å². The summed E-state index contributed by atoms with van der Waals surface area (Å²) in [4.78, 5) is 0. The van der Waals surface area contributed by atoms with Gasteiger partial charge in [-0.3, -0.25) is 0 Å². The van der Waals surface area contributed by atoms with Crippen molar-refractivity contribution in [2.45, 2.75) is 39.2 Å². The molecule has 0 saturated carbocycles. The van der Waals surface area contributed by atoms with Crippen LogP contribution in [-0.2, 0) is 0 Å². The lowest BCUT2D eigenvalue weighted by atomic mass is 9.93. The molecule has 0 aliphatic carbocycles. The molecule has 0 spiro atoms. The second-order valence-electron chi connectivity index (χ2n) is 4.85. The van der Waals surface area contributed by atoms with Crippen LogP contribution in [0.1, 0.15) is 44.7 Å². The van der Waals surface area contributed by atoms with Crippen molar-refractivity contribution < 1.29 is 9.47 Å². The van der Waals surface area contributed by atoms with E-state index in [-0.39, 0.29) is 6.04 Å². The third-order valence-corrected chi connectivity index (χ3v) is 3.27.